The molecule has 2 nitrogen and oxygen atoms in total. The third-order valence-corrected chi connectivity index (χ3v) is 3.22. The summed E-state index contributed by atoms with van der Waals surface area (Å²) in [5.74, 6) is -0.234. The van der Waals surface area contributed by atoms with Crippen LogP contribution in [0.4, 0.5) is 4.39 Å². The summed E-state index contributed by atoms with van der Waals surface area (Å²) in [7, 11) is 0. The highest BCUT2D eigenvalue weighted by Crippen LogP contribution is 2.23. The van der Waals surface area contributed by atoms with Crippen molar-refractivity contribution in [3.05, 3.63) is 64.4 Å². The van der Waals surface area contributed by atoms with Crippen molar-refractivity contribution in [2.75, 3.05) is 0 Å². The molecule has 2 aromatic rings. The fourth-order valence-electron chi connectivity index (χ4n) is 2.01. The van der Waals surface area contributed by atoms with Crippen LogP contribution in [0.3, 0.4) is 0 Å². The van der Waals surface area contributed by atoms with Gasteiger partial charge < -0.3 is 4.74 Å². The number of carbonyl (C=O) groups is 1. The van der Waals surface area contributed by atoms with E-state index in [-0.39, 0.29) is 28.9 Å². The maximum Gasteiger partial charge on any atom is 0.171 e. The Bertz CT molecular complexity index is 653. The summed E-state index contributed by atoms with van der Waals surface area (Å²) >= 11 is 5.73. The molecule has 110 valence electrons. The van der Waals surface area contributed by atoms with Crippen molar-refractivity contribution in [1.29, 1.82) is 0 Å². The number of hydrogen-bond donors (Lipinski definition) is 0. The van der Waals surface area contributed by atoms with Crippen molar-refractivity contribution in [3.63, 3.8) is 0 Å². The summed E-state index contributed by atoms with van der Waals surface area (Å²) in [6, 6.07) is 11.6. The van der Waals surface area contributed by atoms with Crippen LogP contribution in [0.5, 0.6) is 5.75 Å². The van der Waals surface area contributed by atoms with Crippen LogP contribution in [-0.2, 0) is 6.42 Å². The van der Waals surface area contributed by atoms with Gasteiger partial charge in [0.05, 0.1) is 16.7 Å². The minimum Gasteiger partial charge on any atom is -0.490 e. The van der Waals surface area contributed by atoms with E-state index in [1.165, 1.54) is 6.07 Å². The number of ketones is 1. The van der Waals surface area contributed by atoms with E-state index in [4.69, 9.17) is 16.3 Å². The number of para-hydroxylation sites is 1. The highest BCUT2D eigenvalue weighted by atomic mass is 35.5. The Morgan fingerprint density at radius 2 is 1.90 bits per heavy atom. The molecule has 0 amide bonds. The molecule has 0 N–H and O–H groups in total. The molecular formula is C17H16ClFO2. The first-order valence-electron chi connectivity index (χ1n) is 6.71. The maximum absolute atomic E-state index is 13.9. The first-order chi connectivity index (χ1) is 9.99. The number of benzene rings is 2. The molecular weight excluding hydrogens is 291 g/mol. The molecule has 0 fully saturated rings. The lowest BCUT2D eigenvalue weighted by atomic mass is 10.0. The van der Waals surface area contributed by atoms with Crippen LogP contribution in [-0.4, -0.2) is 11.9 Å². The summed E-state index contributed by atoms with van der Waals surface area (Å²) in [4.78, 5) is 12.4. The molecule has 4 heteroatoms. The molecule has 0 atom stereocenters. The number of hydrogen-bond acceptors (Lipinski definition) is 2. The first-order valence-corrected chi connectivity index (χ1v) is 7.08. The second-order valence-electron chi connectivity index (χ2n) is 4.98. The minimum atomic E-state index is -0.547. The fraction of sp³-hybridized carbons (Fsp3) is 0.235. The lowest BCUT2D eigenvalue weighted by molar-refractivity contribution is 0.0986. The molecule has 0 aromatic heterocycles. The zero-order valence-electron chi connectivity index (χ0n) is 11.9. The zero-order chi connectivity index (χ0) is 15.4. The molecule has 0 spiro atoms. The number of ether oxygens (including phenoxy) is 1. The van der Waals surface area contributed by atoms with Gasteiger partial charge in [0.2, 0.25) is 0 Å². The van der Waals surface area contributed by atoms with Crippen LogP contribution in [0.15, 0.2) is 42.5 Å². The highest BCUT2D eigenvalue weighted by molar-refractivity contribution is 6.30. The van der Waals surface area contributed by atoms with Crippen molar-refractivity contribution in [3.8, 4) is 5.75 Å². The van der Waals surface area contributed by atoms with Gasteiger partial charge in [-0.15, -0.1) is 0 Å². The van der Waals surface area contributed by atoms with E-state index in [0.717, 1.165) is 0 Å². The normalized spacial score (nSPS) is 10.7. The van der Waals surface area contributed by atoms with Gasteiger partial charge in [0, 0.05) is 6.42 Å². The molecule has 2 aromatic carbocycles. The number of halogens is 2. The zero-order valence-corrected chi connectivity index (χ0v) is 12.7. The summed E-state index contributed by atoms with van der Waals surface area (Å²) in [6.45, 7) is 3.77. The van der Waals surface area contributed by atoms with Gasteiger partial charge in [0.25, 0.3) is 0 Å². The monoisotopic (exact) mass is 306 g/mol. The van der Waals surface area contributed by atoms with E-state index < -0.39 is 5.82 Å². The molecule has 0 bridgehead atoms. The molecule has 0 heterocycles. The second kappa shape index (κ2) is 6.72. The molecule has 0 aliphatic heterocycles. The van der Waals surface area contributed by atoms with Crippen molar-refractivity contribution >= 4 is 17.4 Å². The van der Waals surface area contributed by atoms with E-state index in [2.05, 4.69) is 0 Å². The summed E-state index contributed by atoms with van der Waals surface area (Å²) in [5.41, 5.74) is 0.734. The van der Waals surface area contributed by atoms with Crippen molar-refractivity contribution in [1.82, 2.24) is 0 Å². The van der Waals surface area contributed by atoms with Gasteiger partial charge in [-0.25, -0.2) is 4.39 Å². The molecule has 21 heavy (non-hydrogen) atoms. The number of rotatable bonds is 5. The Morgan fingerprint density at radius 3 is 2.62 bits per heavy atom. The van der Waals surface area contributed by atoms with Crippen molar-refractivity contribution in [2.45, 2.75) is 26.4 Å². The molecule has 0 saturated carbocycles. The average Bonchev–Trinajstić information content (AvgIpc) is 2.44. The molecule has 0 unspecified atom stereocenters. The fourth-order valence-corrected chi connectivity index (χ4v) is 2.20. The summed E-state index contributed by atoms with van der Waals surface area (Å²) in [6.07, 6.45) is -0.0907. The third-order valence-electron chi connectivity index (χ3n) is 2.93. The van der Waals surface area contributed by atoms with Crippen LogP contribution in [0.1, 0.15) is 29.8 Å². The standard InChI is InChI=1S/C17H16ClFO2/c1-11(2)21-16-9-4-3-7-13(16)15(20)10-12-6-5-8-14(18)17(12)19/h3-9,11H,10H2,1-2H3. The van der Waals surface area contributed by atoms with Crippen molar-refractivity contribution < 1.29 is 13.9 Å². The van der Waals surface area contributed by atoms with Crippen LogP contribution < -0.4 is 4.74 Å². The first kappa shape index (κ1) is 15.5. The highest BCUT2D eigenvalue weighted by Gasteiger charge is 2.16. The number of Topliss-reactive ketones (excluding diaryl/α,β-unsaturated/α-hetero) is 1. The summed E-state index contributed by atoms with van der Waals surface area (Å²) < 4.78 is 19.5. The number of carbonyl (C=O) groups excluding carboxylic acids is 1. The van der Waals surface area contributed by atoms with Crippen LogP contribution >= 0.6 is 11.6 Å². The van der Waals surface area contributed by atoms with Gasteiger partial charge in [-0.2, -0.15) is 0 Å². The van der Waals surface area contributed by atoms with E-state index >= 15 is 0 Å². The topological polar surface area (TPSA) is 26.3 Å². The van der Waals surface area contributed by atoms with Gasteiger partial charge in [-0.1, -0.05) is 35.9 Å². The molecule has 0 radical (unpaired) electrons. The van der Waals surface area contributed by atoms with E-state index in [1.54, 1.807) is 36.4 Å². The quantitative estimate of drug-likeness (QED) is 0.749. The minimum absolute atomic E-state index is 0.0204. The van der Waals surface area contributed by atoms with E-state index in [0.29, 0.717) is 11.3 Å². The van der Waals surface area contributed by atoms with E-state index in [9.17, 15) is 9.18 Å². The van der Waals surface area contributed by atoms with Gasteiger partial charge in [-0.05, 0) is 37.6 Å². The average molecular weight is 307 g/mol. The Morgan fingerprint density at radius 1 is 1.19 bits per heavy atom. The van der Waals surface area contributed by atoms with Crippen LogP contribution in [0.25, 0.3) is 0 Å². The predicted molar refractivity (Wildman–Crippen MR) is 81.7 cm³/mol. The summed E-state index contributed by atoms with van der Waals surface area (Å²) in [5, 5.41) is 0.0204. The largest absolute Gasteiger partial charge is 0.490 e. The Kier molecular flexibility index (Phi) is 4.97. The smallest absolute Gasteiger partial charge is 0.171 e. The molecule has 0 aliphatic rings. The Balaban J connectivity index is 2.27. The van der Waals surface area contributed by atoms with Gasteiger partial charge in [0.1, 0.15) is 11.6 Å². The lowest BCUT2D eigenvalue weighted by Crippen LogP contribution is -2.12. The molecule has 0 saturated heterocycles. The van der Waals surface area contributed by atoms with Gasteiger partial charge in [0.15, 0.2) is 5.78 Å². The van der Waals surface area contributed by atoms with Crippen LogP contribution in [0.2, 0.25) is 5.02 Å². The molecule has 2 rings (SSSR count). The second-order valence-corrected chi connectivity index (χ2v) is 5.38. The van der Waals surface area contributed by atoms with Gasteiger partial charge >= 0.3 is 0 Å². The SMILES string of the molecule is CC(C)Oc1ccccc1C(=O)Cc1cccc(Cl)c1F. The Labute approximate surface area is 128 Å². The van der Waals surface area contributed by atoms with Gasteiger partial charge in [-0.3, -0.25) is 4.79 Å². The van der Waals surface area contributed by atoms with Crippen molar-refractivity contribution in [2.24, 2.45) is 0 Å². The van der Waals surface area contributed by atoms with E-state index in [1.807, 2.05) is 13.8 Å². The predicted octanol–water partition coefficient (Wildman–Crippen LogP) is 4.69. The van der Waals surface area contributed by atoms with Crippen LogP contribution in [0, 0.1) is 5.82 Å². The molecule has 0 aliphatic carbocycles. The Hall–Kier alpha value is -1.87. The third kappa shape index (κ3) is 3.82. The maximum atomic E-state index is 13.9. The lowest BCUT2D eigenvalue weighted by Gasteiger charge is -2.13.